The van der Waals surface area contributed by atoms with E-state index in [2.05, 4.69) is 11.1 Å². The zero-order valence-corrected chi connectivity index (χ0v) is 11.3. The molecular weight excluding hydrogens is 244 g/mol. The number of thiazole rings is 1. The van der Waals surface area contributed by atoms with Gasteiger partial charge in [-0.15, -0.1) is 11.3 Å². The van der Waals surface area contributed by atoms with Crippen LogP contribution in [0, 0.1) is 25.2 Å². The molecule has 4 heteroatoms. The van der Waals surface area contributed by atoms with Crippen molar-refractivity contribution in [1.29, 1.82) is 5.26 Å². The van der Waals surface area contributed by atoms with E-state index < -0.39 is 0 Å². The molecule has 0 saturated heterocycles. The SMILES string of the molecule is Cc1cccc(C)c1OCc1ncc(CC#N)s1. The molecule has 2 aromatic rings. The maximum Gasteiger partial charge on any atom is 0.140 e. The summed E-state index contributed by atoms with van der Waals surface area (Å²) >= 11 is 1.53. The first kappa shape index (κ1) is 12.6. The number of hydrogen-bond donors (Lipinski definition) is 0. The number of para-hydroxylation sites is 1. The van der Waals surface area contributed by atoms with Gasteiger partial charge in [0.15, 0.2) is 0 Å². The fourth-order valence-electron chi connectivity index (χ4n) is 1.74. The predicted octanol–water partition coefficient (Wildman–Crippen LogP) is 3.41. The van der Waals surface area contributed by atoms with Crippen molar-refractivity contribution < 1.29 is 4.74 Å². The molecule has 1 aromatic heterocycles. The maximum atomic E-state index is 8.61. The summed E-state index contributed by atoms with van der Waals surface area (Å²) in [5.41, 5.74) is 2.26. The average Bonchev–Trinajstić information content (AvgIpc) is 2.77. The van der Waals surface area contributed by atoms with Crippen LogP contribution in [0.4, 0.5) is 0 Å². The lowest BCUT2D eigenvalue weighted by atomic mass is 10.1. The van der Waals surface area contributed by atoms with Crippen LogP contribution in [0.25, 0.3) is 0 Å². The Labute approximate surface area is 111 Å². The Morgan fingerprint density at radius 3 is 2.72 bits per heavy atom. The molecule has 0 spiro atoms. The molecule has 2 rings (SSSR count). The molecular formula is C14H14N2OS. The highest BCUT2D eigenvalue weighted by atomic mass is 32.1. The van der Waals surface area contributed by atoms with Gasteiger partial charge < -0.3 is 4.74 Å². The van der Waals surface area contributed by atoms with E-state index in [4.69, 9.17) is 10.00 Å². The minimum Gasteiger partial charge on any atom is -0.486 e. The van der Waals surface area contributed by atoms with Gasteiger partial charge in [-0.2, -0.15) is 5.26 Å². The zero-order chi connectivity index (χ0) is 13.0. The first-order chi connectivity index (χ1) is 8.70. The van der Waals surface area contributed by atoms with E-state index >= 15 is 0 Å². The van der Waals surface area contributed by atoms with Crippen LogP contribution in [0.3, 0.4) is 0 Å². The number of nitrogens with zero attached hydrogens (tertiary/aromatic N) is 2. The average molecular weight is 258 g/mol. The molecule has 0 aliphatic heterocycles. The van der Waals surface area contributed by atoms with Crippen molar-refractivity contribution >= 4 is 11.3 Å². The maximum absolute atomic E-state index is 8.61. The van der Waals surface area contributed by atoms with Crippen molar-refractivity contribution in [2.24, 2.45) is 0 Å². The Balaban J connectivity index is 2.05. The summed E-state index contributed by atoms with van der Waals surface area (Å²) in [7, 11) is 0. The third-order valence-corrected chi connectivity index (χ3v) is 3.57. The third kappa shape index (κ3) is 2.88. The second-order valence-corrected chi connectivity index (χ2v) is 5.26. The number of nitriles is 1. The van der Waals surface area contributed by atoms with Crippen LogP contribution in [0.1, 0.15) is 21.0 Å². The lowest BCUT2D eigenvalue weighted by Gasteiger charge is -2.10. The first-order valence-corrected chi connectivity index (χ1v) is 6.52. The fraction of sp³-hybridized carbons (Fsp3) is 0.286. The fourth-order valence-corrected chi connectivity index (χ4v) is 2.50. The predicted molar refractivity (Wildman–Crippen MR) is 71.7 cm³/mol. The van der Waals surface area contributed by atoms with Gasteiger partial charge in [-0.3, -0.25) is 0 Å². The molecule has 3 nitrogen and oxygen atoms in total. The molecule has 1 heterocycles. The van der Waals surface area contributed by atoms with Gasteiger partial charge in [-0.05, 0) is 25.0 Å². The molecule has 0 radical (unpaired) electrons. The number of aromatic nitrogens is 1. The lowest BCUT2D eigenvalue weighted by Crippen LogP contribution is -1.98. The molecule has 0 atom stereocenters. The Bertz CT molecular complexity index is 563. The van der Waals surface area contributed by atoms with E-state index in [-0.39, 0.29) is 0 Å². The van der Waals surface area contributed by atoms with Gasteiger partial charge in [-0.25, -0.2) is 4.98 Å². The molecule has 0 saturated carbocycles. The van der Waals surface area contributed by atoms with Crippen molar-refractivity contribution in [3.05, 3.63) is 45.4 Å². The Morgan fingerprint density at radius 1 is 1.33 bits per heavy atom. The number of rotatable bonds is 4. The summed E-state index contributed by atoms with van der Waals surface area (Å²) in [6.07, 6.45) is 2.17. The van der Waals surface area contributed by atoms with Crippen LogP contribution >= 0.6 is 11.3 Å². The molecule has 0 aliphatic rings. The van der Waals surface area contributed by atoms with Gasteiger partial charge in [0, 0.05) is 11.1 Å². The Hall–Kier alpha value is -1.86. The van der Waals surface area contributed by atoms with Crippen LogP contribution in [-0.2, 0) is 13.0 Å². The van der Waals surface area contributed by atoms with E-state index in [9.17, 15) is 0 Å². The quantitative estimate of drug-likeness (QED) is 0.844. The lowest BCUT2D eigenvalue weighted by molar-refractivity contribution is 0.301. The Morgan fingerprint density at radius 2 is 2.06 bits per heavy atom. The van der Waals surface area contributed by atoms with Crippen molar-refractivity contribution in [3.8, 4) is 11.8 Å². The minimum atomic E-state index is 0.418. The van der Waals surface area contributed by atoms with E-state index in [1.165, 1.54) is 11.3 Å². The van der Waals surface area contributed by atoms with Gasteiger partial charge in [0.1, 0.15) is 17.4 Å². The molecule has 0 bridgehead atoms. The summed E-state index contributed by atoms with van der Waals surface area (Å²) in [6, 6.07) is 8.20. The molecule has 0 aliphatic carbocycles. The van der Waals surface area contributed by atoms with Crippen LogP contribution in [0.5, 0.6) is 5.75 Å². The van der Waals surface area contributed by atoms with Crippen molar-refractivity contribution in [1.82, 2.24) is 4.98 Å². The van der Waals surface area contributed by atoms with Crippen LogP contribution in [0.15, 0.2) is 24.4 Å². The summed E-state index contributed by atoms with van der Waals surface area (Å²) < 4.78 is 5.81. The van der Waals surface area contributed by atoms with Gasteiger partial charge in [-0.1, -0.05) is 18.2 Å². The van der Waals surface area contributed by atoms with Crippen LogP contribution < -0.4 is 4.74 Å². The molecule has 1 aromatic carbocycles. The van der Waals surface area contributed by atoms with E-state index in [1.807, 2.05) is 32.0 Å². The largest absolute Gasteiger partial charge is 0.486 e. The normalized spacial score (nSPS) is 10.1. The monoisotopic (exact) mass is 258 g/mol. The molecule has 18 heavy (non-hydrogen) atoms. The zero-order valence-electron chi connectivity index (χ0n) is 10.4. The molecule has 0 amide bonds. The van der Waals surface area contributed by atoms with Crippen molar-refractivity contribution in [2.45, 2.75) is 26.9 Å². The summed E-state index contributed by atoms with van der Waals surface area (Å²) in [4.78, 5) is 5.24. The highest BCUT2D eigenvalue weighted by molar-refractivity contribution is 7.11. The highest BCUT2D eigenvalue weighted by Gasteiger charge is 2.06. The highest BCUT2D eigenvalue weighted by Crippen LogP contribution is 2.24. The van der Waals surface area contributed by atoms with Gasteiger partial charge in [0.2, 0.25) is 0 Å². The number of benzene rings is 1. The molecule has 0 unspecified atom stereocenters. The molecule has 0 N–H and O–H groups in total. The second kappa shape index (κ2) is 5.65. The molecule has 0 fully saturated rings. The summed E-state index contributed by atoms with van der Waals surface area (Å²) in [5.74, 6) is 0.925. The Kier molecular flexibility index (Phi) is 3.96. The van der Waals surface area contributed by atoms with Crippen molar-refractivity contribution in [2.75, 3.05) is 0 Å². The third-order valence-electron chi connectivity index (χ3n) is 2.60. The second-order valence-electron chi connectivity index (χ2n) is 4.06. The number of aryl methyl sites for hydroxylation is 2. The topological polar surface area (TPSA) is 45.9 Å². The van der Waals surface area contributed by atoms with Crippen molar-refractivity contribution in [3.63, 3.8) is 0 Å². The smallest absolute Gasteiger partial charge is 0.140 e. The number of hydrogen-bond acceptors (Lipinski definition) is 4. The summed E-state index contributed by atoms with van der Waals surface area (Å²) in [6.45, 7) is 4.53. The summed E-state index contributed by atoms with van der Waals surface area (Å²) in [5, 5.41) is 9.51. The van der Waals surface area contributed by atoms with E-state index in [1.54, 1.807) is 6.20 Å². The minimum absolute atomic E-state index is 0.418. The van der Waals surface area contributed by atoms with Gasteiger partial charge in [0.05, 0.1) is 12.5 Å². The number of ether oxygens (including phenoxy) is 1. The van der Waals surface area contributed by atoms with Crippen LogP contribution in [0.2, 0.25) is 0 Å². The van der Waals surface area contributed by atoms with E-state index in [0.717, 1.165) is 26.8 Å². The van der Waals surface area contributed by atoms with E-state index in [0.29, 0.717) is 13.0 Å². The molecule has 92 valence electrons. The standard InChI is InChI=1S/C14H14N2OS/c1-10-4-3-5-11(2)14(10)17-9-13-16-8-12(18-13)6-7-15/h3-5,8H,6,9H2,1-2H3. The van der Waals surface area contributed by atoms with Gasteiger partial charge >= 0.3 is 0 Å². The van der Waals surface area contributed by atoms with Gasteiger partial charge in [0.25, 0.3) is 0 Å². The first-order valence-electron chi connectivity index (χ1n) is 5.70. The van der Waals surface area contributed by atoms with Crippen LogP contribution in [-0.4, -0.2) is 4.98 Å².